The monoisotopic (exact) mass is 292 g/mol. The molecule has 1 atom stereocenters. The Bertz CT molecular complexity index is 493. The summed E-state index contributed by atoms with van der Waals surface area (Å²) in [7, 11) is 0. The smallest absolute Gasteiger partial charge is 0.0931 e. The molecule has 0 amide bonds. The molecule has 0 aliphatic rings. The van der Waals surface area contributed by atoms with Gasteiger partial charge in [0.05, 0.1) is 15.4 Å². The molecule has 0 fully saturated rings. The lowest BCUT2D eigenvalue weighted by molar-refractivity contribution is 0.656. The Morgan fingerprint density at radius 1 is 1.38 bits per heavy atom. The van der Waals surface area contributed by atoms with Crippen molar-refractivity contribution < 1.29 is 0 Å². The highest BCUT2D eigenvalue weighted by Crippen LogP contribution is 2.38. The molecule has 0 spiro atoms. The van der Waals surface area contributed by atoms with Gasteiger partial charge in [-0.3, -0.25) is 5.84 Å². The predicted molar refractivity (Wildman–Crippen MR) is 72.6 cm³/mol. The van der Waals surface area contributed by atoms with Crippen molar-refractivity contribution in [3.63, 3.8) is 0 Å². The maximum Gasteiger partial charge on any atom is 0.0931 e. The molecule has 0 aliphatic carbocycles. The molecule has 0 aliphatic heterocycles. The van der Waals surface area contributed by atoms with E-state index in [4.69, 9.17) is 29.0 Å². The first-order valence-corrected chi connectivity index (χ1v) is 7.03. The van der Waals surface area contributed by atoms with Gasteiger partial charge >= 0.3 is 0 Å². The molecule has 2 nitrogen and oxygen atoms in total. The highest BCUT2D eigenvalue weighted by molar-refractivity contribution is 7.16. The highest BCUT2D eigenvalue weighted by atomic mass is 35.5. The van der Waals surface area contributed by atoms with E-state index in [1.807, 2.05) is 24.4 Å². The van der Waals surface area contributed by atoms with Gasteiger partial charge in [0.1, 0.15) is 0 Å². The first-order chi connectivity index (χ1) is 7.63. The van der Waals surface area contributed by atoms with Gasteiger partial charge in [0.2, 0.25) is 0 Å². The second-order valence-electron chi connectivity index (χ2n) is 3.34. The van der Waals surface area contributed by atoms with Crippen molar-refractivity contribution in [3.8, 4) is 0 Å². The Hall–Kier alpha value is -0.100. The number of aryl methyl sites for hydroxylation is 1. The van der Waals surface area contributed by atoms with E-state index < -0.39 is 0 Å². The summed E-state index contributed by atoms with van der Waals surface area (Å²) in [6, 6.07) is 3.74. The average molecular weight is 293 g/mol. The van der Waals surface area contributed by atoms with E-state index >= 15 is 0 Å². The van der Waals surface area contributed by atoms with Gasteiger partial charge in [-0.25, -0.2) is 5.43 Å². The number of hydrogen-bond acceptors (Lipinski definition) is 4. The number of hydrogen-bond donors (Lipinski definition) is 2. The van der Waals surface area contributed by atoms with E-state index in [1.54, 1.807) is 11.3 Å². The predicted octanol–water partition coefficient (Wildman–Crippen LogP) is 3.98. The minimum Gasteiger partial charge on any atom is -0.271 e. The van der Waals surface area contributed by atoms with Crippen molar-refractivity contribution in [1.82, 2.24) is 5.43 Å². The summed E-state index contributed by atoms with van der Waals surface area (Å²) in [5, 5.41) is 2.80. The summed E-state index contributed by atoms with van der Waals surface area (Å²) in [5.74, 6) is 5.59. The van der Waals surface area contributed by atoms with Gasteiger partial charge in [0.15, 0.2) is 0 Å². The van der Waals surface area contributed by atoms with Crippen LogP contribution in [0.1, 0.15) is 21.4 Å². The van der Waals surface area contributed by atoms with Gasteiger partial charge in [-0.15, -0.1) is 22.7 Å². The lowest BCUT2D eigenvalue weighted by Crippen LogP contribution is -2.27. The van der Waals surface area contributed by atoms with Gasteiger partial charge < -0.3 is 0 Å². The third kappa shape index (κ3) is 2.27. The van der Waals surface area contributed by atoms with Crippen LogP contribution in [0.25, 0.3) is 0 Å². The van der Waals surface area contributed by atoms with Crippen molar-refractivity contribution in [2.24, 2.45) is 5.84 Å². The minimum atomic E-state index is -0.0799. The van der Waals surface area contributed by atoms with Crippen LogP contribution in [0.15, 0.2) is 17.5 Å². The number of rotatable bonds is 3. The van der Waals surface area contributed by atoms with Gasteiger partial charge in [-0.2, -0.15) is 0 Å². The zero-order chi connectivity index (χ0) is 11.7. The lowest BCUT2D eigenvalue weighted by Gasteiger charge is -2.12. The second-order valence-corrected chi connectivity index (χ2v) is 6.37. The first-order valence-electron chi connectivity index (χ1n) is 4.58. The van der Waals surface area contributed by atoms with E-state index in [2.05, 4.69) is 5.43 Å². The third-order valence-corrected chi connectivity index (χ3v) is 5.31. The number of hydrazine groups is 1. The van der Waals surface area contributed by atoms with Gasteiger partial charge in [0, 0.05) is 9.75 Å². The summed E-state index contributed by atoms with van der Waals surface area (Å²) in [6.45, 7) is 1.98. The van der Waals surface area contributed by atoms with Gasteiger partial charge in [-0.1, -0.05) is 23.2 Å². The summed E-state index contributed by atoms with van der Waals surface area (Å²) < 4.78 is 0.750. The van der Waals surface area contributed by atoms with Gasteiger partial charge in [-0.05, 0) is 30.0 Å². The van der Waals surface area contributed by atoms with Gasteiger partial charge in [0.25, 0.3) is 0 Å². The molecular weight excluding hydrogens is 283 g/mol. The Labute approximate surface area is 112 Å². The molecule has 0 bridgehead atoms. The topological polar surface area (TPSA) is 38.0 Å². The van der Waals surface area contributed by atoms with E-state index in [-0.39, 0.29) is 6.04 Å². The number of nitrogens with one attached hydrogen (secondary N) is 1. The van der Waals surface area contributed by atoms with Crippen LogP contribution in [0.3, 0.4) is 0 Å². The molecule has 3 N–H and O–H groups in total. The van der Waals surface area contributed by atoms with Crippen LogP contribution in [-0.4, -0.2) is 0 Å². The van der Waals surface area contributed by atoms with Crippen molar-refractivity contribution in [1.29, 1.82) is 0 Å². The van der Waals surface area contributed by atoms with Crippen LogP contribution >= 0.6 is 45.9 Å². The van der Waals surface area contributed by atoms with E-state index in [1.165, 1.54) is 11.3 Å². The maximum absolute atomic E-state index is 6.23. The number of thiophene rings is 2. The molecule has 2 aromatic heterocycles. The molecule has 0 saturated carbocycles. The molecule has 1 unspecified atom stereocenters. The molecule has 0 radical (unpaired) electrons. The van der Waals surface area contributed by atoms with Crippen LogP contribution in [-0.2, 0) is 0 Å². The summed E-state index contributed by atoms with van der Waals surface area (Å²) in [5.41, 5.74) is 3.85. The number of halogens is 2. The molecule has 0 saturated heterocycles. The zero-order valence-corrected chi connectivity index (χ0v) is 11.6. The Morgan fingerprint density at radius 3 is 2.56 bits per heavy atom. The standard InChI is InChI=1S/C10H10Cl2N2S2/c1-5-4-15-10(8(5)12)9(14-13)6-2-3-7(11)16-6/h2-4,9,14H,13H2,1H3. The van der Waals surface area contributed by atoms with Crippen molar-refractivity contribution in [3.05, 3.63) is 42.2 Å². The van der Waals surface area contributed by atoms with Crippen molar-refractivity contribution in [2.45, 2.75) is 13.0 Å². The molecule has 86 valence electrons. The molecule has 2 heterocycles. The molecular formula is C10H10Cl2N2S2. The third-order valence-electron chi connectivity index (χ3n) is 2.23. The average Bonchev–Trinajstić information content (AvgIpc) is 2.81. The largest absolute Gasteiger partial charge is 0.271 e. The van der Waals surface area contributed by atoms with Crippen molar-refractivity contribution >= 4 is 45.9 Å². The quantitative estimate of drug-likeness (QED) is 0.663. The fourth-order valence-corrected chi connectivity index (χ4v) is 4.00. The SMILES string of the molecule is Cc1csc(C(NN)c2ccc(Cl)s2)c1Cl. The fourth-order valence-electron chi connectivity index (χ4n) is 1.41. The summed E-state index contributed by atoms with van der Waals surface area (Å²) in [6.07, 6.45) is 0. The molecule has 2 rings (SSSR count). The van der Waals surface area contributed by atoms with Crippen LogP contribution in [0.5, 0.6) is 0 Å². The highest BCUT2D eigenvalue weighted by Gasteiger charge is 2.20. The molecule has 16 heavy (non-hydrogen) atoms. The van der Waals surface area contributed by atoms with Crippen LogP contribution in [0, 0.1) is 6.92 Å². The van der Waals surface area contributed by atoms with Crippen LogP contribution in [0.2, 0.25) is 9.36 Å². The minimum absolute atomic E-state index is 0.0799. The van der Waals surface area contributed by atoms with E-state index in [0.717, 1.165) is 24.7 Å². The van der Waals surface area contributed by atoms with E-state index in [9.17, 15) is 0 Å². The molecule has 2 aromatic rings. The van der Waals surface area contributed by atoms with Crippen molar-refractivity contribution in [2.75, 3.05) is 0 Å². The maximum atomic E-state index is 6.23. The summed E-state index contributed by atoms with van der Waals surface area (Å²) >= 11 is 15.2. The first kappa shape index (κ1) is 12.4. The lowest BCUT2D eigenvalue weighted by atomic mass is 10.2. The Balaban J connectivity index is 2.40. The zero-order valence-electron chi connectivity index (χ0n) is 8.46. The Kier molecular flexibility index (Phi) is 3.89. The second kappa shape index (κ2) is 5.04. The Morgan fingerprint density at radius 2 is 2.12 bits per heavy atom. The normalized spacial score (nSPS) is 13.0. The number of nitrogens with two attached hydrogens (primary N) is 1. The van der Waals surface area contributed by atoms with E-state index in [0.29, 0.717) is 0 Å². The summed E-state index contributed by atoms with van der Waals surface area (Å²) in [4.78, 5) is 2.09. The molecule has 6 heteroatoms. The fraction of sp³-hybridized carbons (Fsp3) is 0.200. The van der Waals surface area contributed by atoms with Crippen LogP contribution in [0.4, 0.5) is 0 Å². The molecule has 0 aromatic carbocycles. The van der Waals surface area contributed by atoms with Crippen LogP contribution < -0.4 is 11.3 Å².